The molecule has 0 saturated carbocycles. The third kappa shape index (κ3) is 4.81. The van der Waals surface area contributed by atoms with Gasteiger partial charge in [-0.25, -0.2) is 30.0 Å². The normalized spacial score (nSPS) is 11.8. The van der Waals surface area contributed by atoms with Crippen LogP contribution in [0.15, 0.2) is 64.4 Å². The van der Waals surface area contributed by atoms with Crippen LogP contribution in [0.2, 0.25) is 0 Å². The molecule has 3 aromatic rings. The molecule has 0 radical (unpaired) electrons. The molecule has 0 aliphatic rings. The van der Waals surface area contributed by atoms with Gasteiger partial charge < -0.3 is 4.74 Å². The van der Waals surface area contributed by atoms with Crippen molar-refractivity contribution in [3.05, 3.63) is 77.6 Å². The van der Waals surface area contributed by atoms with Gasteiger partial charge in [0.2, 0.25) is 0 Å². The van der Waals surface area contributed by atoms with Crippen LogP contribution >= 0.6 is 0 Å². The van der Waals surface area contributed by atoms with E-state index in [4.69, 9.17) is 4.74 Å². The van der Waals surface area contributed by atoms with E-state index in [9.17, 15) is 30.0 Å². The van der Waals surface area contributed by atoms with Gasteiger partial charge in [-0.3, -0.25) is 9.44 Å². The maximum absolute atomic E-state index is 14.0. The highest BCUT2D eigenvalue weighted by Gasteiger charge is 2.25. The van der Waals surface area contributed by atoms with Gasteiger partial charge in [0.25, 0.3) is 20.0 Å². The zero-order valence-electron chi connectivity index (χ0n) is 16.7. The van der Waals surface area contributed by atoms with E-state index in [0.29, 0.717) is 23.4 Å². The molecule has 3 rings (SSSR count). The van der Waals surface area contributed by atoms with Gasteiger partial charge in [-0.2, -0.15) is 0 Å². The van der Waals surface area contributed by atoms with Gasteiger partial charge >= 0.3 is 0 Å². The Hall–Kier alpha value is -3.25. The highest BCUT2D eigenvalue weighted by molar-refractivity contribution is 7.93. The minimum atomic E-state index is -4.70. The first-order chi connectivity index (χ1) is 14.9. The van der Waals surface area contributed by atoms with E-state index < -0.39 is 42.4 Å². The van der Waals surface area contributed by atoms with Crippen LogP contribution in [0.25, 0.3) is 0 Å². The lowest BCUT2D eigenvalue weighted by Crippen LogP contribution is -2.18. The van der Waals surface area contributed by atoms with Crippen LogP contribution in [0.5, 0.6) is 5.75 Å². The lowest BCUT2D eigenvalue weighted by atomic mass is 10.2. The Bertz CT molecular complexity index is 1380. The molecule has 2 N–H and O–H groups in total. The monoisotopic (exact) mass is 486 g/mol. The third-order valence-electron chi connectivity index (χ3n) is 4.40. The molecule has 0 spiro atoms. The predicted molar refractivity (Wildman–Crippen MR) is 112 cm³/mol. The summed E-state index contributed by atoms with van der Waals surface area (Å²) in [5.41, 5.74) is 0.351. The number of aryl methyl sites for hydroxylation is 1. The van der Waals surface area contributed by atoms with Gasteiger partial charge in [-0.05, 0) is 61.0 Å². The van der Waals surface area contributed by atoms with E-state index >= 15 is 0 Å². The van der Waals surface area contributed by atoms with Crippen LogP contribution in [-0.2, 0) is 20.0 Å². The van der Waals surface area contributed by atoms with E-state index in [1.807, 2.05) is 4.72 Å². The maximum atomic E-state index is 14.0. The molecule has 0 aliphatic carbocycles. The van der Waals surface area contributed by atoms with Crippen molar-refractivity contribution in [1.29, 1.82) is 0 Å². The molecule has 0 atom stereocenters. The second kappa shape index (κ2) is 8.71. The van der Waals surface area contributed by atoms with Crippen molar-refractivity contribution in [3.8, 4) is 5.75 Å². The molecule has 0 unspecified atom stereocenters. The van der Waals surface area contributed by atoms with Gasteiger partial charge in [0, 0.05) is 5.69 Å². The number of rotatable bonds is 7. The first kappa shape index (κ1) is 23.4. The van der Waals surface area contributed by atoms with Crippen LogP contribution in [-0.4, -0.2) is 23.9 Å². The molecule has 7 nitrogen and oxygen atoms in total. The zero-order chi connectivity index (χ0) is 23.7. The van der Waals surface area contributed by atoms with Crippen molar-refractivity contribution >= 4 is 31.4 Å². The number of ether oxygens (including phenoxy) is 1. The third-order valence-corrected chi connectivity index (χ3v) is 7.16. The van der Waals surface area contributed by atoms with Gasteiger partial charge in [0.15, 0.2) is 17.5 Å². The molecule has 0 saturated heterocycles. The SMILES string of the molecule is COc1ccc(NS(=O)(=O)c2ccc(C)c(NS(=O)(=O)c3ccc(F)c(F)c3F)c2)cc1. The largest absolute Gasteiger partial charge is 0.497 e. The van der Waals surface area contributed by atoms with E-state index in [1.165, 1.54) is 38.3 Å². The standard InChI is InChI=1S/C20H17F3N2O5S2/c1-12-3-8-15(31(26,27)24-13-4-6-14(30-2)7-5-13)11-17(12)25-32(28,29)18-10-9-16(21)19(22)20(18)23/h3-11,24-25H,1-2H3. The summed E-state index contributed by atoms with van der Waals surface area (Å²) in [4.78, 5) is -1.41. The summed E-state index contributed by atoms with van der Waals surface area (Å²) < 4.78 is 100. The Balaban J connectivity index is 1.93. The van der Waals surface area contributed by atoms with Crippen LogP contribution in [0, 0.1) is 24.4 Å². The fourth-order valence-corrected chi connectivity index (χ4v) is 4.94. The lowest BCUT2D eigenvalue weighted by Gasteiger charge is -2.14. The number of hydrogen-bond acceptors (Lipinski definition) is 5. The molecular weight excluding hydrogens is 469 g/mol. The van der Waals surface area contributed by atoms with Gasteiger partial charge in [-0.1, -0.05) is 6.07 Å². The summed E-state index contributed by atoms with van der Waals surface area (Å²) in [5.74, 6) is -4.86. The van der Waals surface area contributed by atoms with Crippen LogP contribution in [0.3, 0.4) is 0 Å². The summed E-state index contributed by atoms with van der Waals surface area (Å²) in [5, 5.41) is 0. The molecule has 3 aromatic carbocycles. The van der Waals surface area contributed by atoms with Crippen molar-refractivity contribution in [2.24, 2.45) is 0 Å². The number of methoxy groups -OCH3 is 1. The fraction of sp³-hybridized carbons (Fsp3) is 0.100. The summed E-state index contributed by atoms with van der Waals surface area (Å²) in [6, 6.07) is 10.7. The minimum absolute atomic E-state index is 0.188. The van der Waals surface area contributed by atoms with E-state index in [0.717, 1.165) is 6.07 Å². The second-order valence-corrected chi connectivity index (χ2v) is 9.92. The molecule has 0 bridgehead atoms. The molecular formula is C20H17F3N2O5S2. The zero-order valence-corrected chi connectivity index (χ0v) is 18.3. The van der Waals surface area contributed by atoms with Crippen molar-refractivity contribution in [2.45, 2.75) is 16.7 Å². The average Bonchev–Trinajstić information content (AvgIpc) is 2.73. The number of sulfonamides is 2. The highest BCUT2D eigenvalue weighted by atomic mass is 32.2. The molecule has 12 heteroatoms. The predicted octanol–water partition coefficient (Wildman–Crippen LogP) is 4.02. The summed E-state index contributed by atoms with van der Waals surface area (Å²) in [7, 11) is -7.36. The van der Waals surface area contributed by atoms with Crippen molar-refractivity contribution in [1.82, 2.24) is 0 Å². The Kier molecular flexibility index (Phi) is 6.37. The first-order valence-corrected chi connectivity index (χ1v) is 11.8. The molecule has 0 aromatic heterocycles. The quantitative estimate of drug-likeness (QED) is 0.491. The van der Waals surface area contributed by atoms with Crippen LogP contribution in [0.4, 0.5) is 24.5 Å². The van der Waals surface area contributed by atoms with Gasteiger partial charge in [0.1, 0.15) is 10.6 Å². The molecule has 0 heterocycles. The molecule has 0 fully saturated rings. The Labute approximate surface area is 183 Å². The van der Waals surface area contributed by atoms with Gasteiger partial charge in [-0.15, -0.1) is 0 Å². The molecule has 0 amide bonds. The van der Waals surface area contributed by atoms with E-state index in [2.05, 4.69) is 4.72 Å². The fourth-order valence-electron chi connectivity index (χ4n) is 2.67. The minimum Gasteiger partial charge on any atom is -0.497 e. The topological polar surface area (TPSA) is 102 Å². The number of anilines is 2. The Morgan fingerprint density at radius 3 is 2.06 bits per heavy atom. The average molecular weight is 486 g/mol. The van der Waals surface area contributed by atoms with Crippen molar-refractivity contribution < 1.29 is 34.7 Å². The summed E-state index contributed by atoms with van der Waals surface area (Å²) in [6.45, 7) is 1.48. The molecule has 170 valence electrons. The number of hydrogen-bond donors (Lipinski definition) is 2. The summed E-state index contributed by atoms with van der Waals surface area (Å²) in [6.07, 6.45) is 0. The maximum Gasteiger partial charge on any atom is 0.264 e. The van der Waals surface area contributed by atoms with Crippen molar-refractivity contribution in [3.63, 3.8) is 0 Å². The van der Waals surface area contributed by atoms with Crippen molar-refractivity contribution in [2.75, 3.05) is 16.6 Å². The molecule has 32 heavy (non-hydrogen) atoms. The number of benzene rings is 3. The van der Waals surface area contributed by atoms with E-state index in [1.54, 1.807) is 12.1 Å². The Morgan fingerprint density at radius 1 is 0.781 bits per heavy atom. The number of halogens is 3. The van der Waals surface area contributed by atoms with E-state index in [-0.39, 0.29) is 16.3 Å². The summed E-state index contributed by atoms with van der Waals surface area (Å²) >= 11 is 0. The Morgan fingerprint density at radius 2 is 1.44 bits per heavy atom. The highest BCUT2D eigenvalue weighted by Crippen LogP contribution is 2.27. The first-order valence-electron chi connectivity index (χ1n) is 8.88. The van der Waals surface area contributed by atoms with Crippen LogP contribution < -0.4 is 14.2 Å². The smallest absolute Gasteiger partial charge is 0.264 e. The number of nitrogens with one attached hydrogen (secondary N) is 2. The van der Waals surface area contributed by atoms with Gasteiger partial charge in [0.05, 0.1) is 17.7 Å². The second-order valence-electron chi connectivity index (χ2n) is 6.59. The lowest BCUT2D eigenvalue weighted by molar-refractivity contribution is 0.415. The van der Waals surface area contributed by atoms with Crippen LogP contribution in [0.1, 0.15) is 5.56 Å². The molecule has 0 aliphatic heterocycles.